The first-order valence-electron chi connectivity index (χ1n) is 9.57. The molecule has 0 amide bonds. The fourth-order valence-electron chi connectivity index (χ4n) is 3.02. The average molecular weight is 574 g/mol. The van der Waals surface area contributed by atoms with Crippen LogP contribution in [-0.4, -0.2) is 87.0 Å². The molecule has 0 aromatic rings. The first-order chi connectivity index (χ1) is 16.0. The molecule has 0 heterocycles. The van der Waals surface area contributed by atoms with E-state index in [0.29, 0.717) is 0 Å². The standard InChI is InChI=1S/C17H18F16O3/c1-34-7-2-8(35-5-12(22,23)16(30,31)14(26,27)10(18)19)4-9(3-7)36-6-13(24,25)17(32,33)15(28,29)11(20)21/h7-11H,2-6H2,1H3. The van der Waals surface area contributed by atoms with E-state index in [2.05, 4.69) is 9.47 Å². The molecule has 1 saturated carbocycles. The van der Waals surface area contributed by atoms with Crippen LogP contribution in [0.1, 0.15) is 19.3 Å². The van der Waals surface area contributed by atoms with Crippen molar-refractivity contribution >= 4 is 0 Å². The quantitative estimate of drug-likeness (QED) is 0.242. The van der Waals surface area contributed by atoms with Crippen molar-refractivity contribution in [2.75, 3.05) is 20.3 Å². The Morgan fingerprint density at radius 1 is 0.556 bits per heavy atom. The smallest absolute Gasteiger partial charge is 0.380 e. The van der Waals surface area contributed by atoms with Crippen LogP contribution in [0.4, 0.5) is 70.2 Å². The van der Waals surface area contributed by atoms with Gasteiger partial charge in [0.05, 0.1) is 18.3 Å². The van der Waals surface area contributed by atoms with E-state index in [-0.39, 0.29) is 0 Å². The Morgan fingerprint density at radius 3 is 1.08 bits per heavy atom. The summed E-state index contributed by atoms with van der Waals surface area (Å²) in [6.45, 7) is -5.18. The summed E-state index contributed by atoms with van der Waals surface area (Å²) in [6.07, 6.45) is -17.0. The summed E-state index contributed by atoms with van der Waals surface area (Å²) in [6, 6.07) is 0. The van der Waals surface area contributed by atoms with Crippen LogP contribution in [0.25, 0.3) is 0 Å². The monoisotopic (exact) mass is 574 g/mol. The number of halogens is 16. The van der Waals surface area contributed by atoms with Gasteiger partial charge in [-0.05, 0) is 19.3 Å². The molecule has 0 spiro atoms. The van der Waals surface area contributed by atoms with Crippen molar-refractivity contribution in [1.82, 2.24) is 0 Å². The van der Waals surface area contributed by atoms with Crippen LogP contribution in [0.5, 0.6) is 0 Å². The molecule has 1 fully saturated rings. The van der Waals surface area contributed by atoms with Gasteiger partial charge in [-0.15, -0.1) is 0 Å². The van der Waals surface area contributed by atoms with Gasteiger partial charge in [-0.1, -0.05) is 0 Å². The fraction of sp³-hybridized carbons (Fsp3) is 1.00. The van der Waals surface area contributed by atoms with Crippen LogP contribution in [0.3, 0.4) is 0 Å². The summed E-state index contributed by atoms with van der Waals surface area (Å²) in [7, 11) is 0.933. The molecule has 0 radical (unpaired) electrons. The largest absolute Gasteiger partial charge is 0.381 e. The molecule has 3 nitrogen and oxygen atoms in total. The highest BCUT2D eigenvalue weighted by atomic mass is 19.4. The highest BCUT2D eigenvalue weighted by molar-refractivity contribution is 4.99. The predicted octanol–water partition coefficient (Wildman–Crippen LogP) is 6.30. The van der Waals surface area contributed by atoms with Crippen molar-refractivity contribution in [2.45, 2.75) is 86.0 Å². The topological polar surface area (TPSA) is 27.7 Å². The summed E-state index contributed by atoms with van der Waals surface area (Å²) in [5, 5.41) is 0. The molecule has 19 heteroatoms. The van der Waals surface area contributed by atoms with Crippen molar-refractivity contribution in [1.29, 1.82) is 0 Å². The number of ether oxygens (including phenoxy) is 3. The molecular formula is C17H18F16O3. The van der Waals surface area contributed by atoms with Crippen molar-refractivity contribution in [3.8, 4) is 0 Å². The second kappa shape index (κ2) is 10.9. The van der Waals surface area contributed by atoms with E-state index in [0.717, 1.165) is 7.11 Å². The molecule has 0 bridgehead atoms. The number of rotatable bonds is 13. The van der Waals surface area contributed by atoms with Crippen LogP contribution < -0.4 is 0 Å². The Labute approximate surface area is 192 Å². The van der Waals surface area contributed by atoms with Gasteiger partial charge < -0.3 is 14.2 Å². The van der Waals surface area contributed by atoms with Crippen LogP contribution in [0, 0.1) is 0 Å². The fourth-order valence-corrected chi connectivity index (χ4v) is 3.02. The number of methoxy groups -OCH3 is 1. The van der Waals surface area contributed by atoms with Crippen LogP contribution in [0.15, 0.2) is 0 Å². The van der Waals surface area contributed by atoms with E-state index >= 15 is 0 Å². The number of alkyl halides is 16. The lowest BCUT2D eigenvalue weighted by atomic mass is 9.92. The Kier molecular flexibility index (Phi) is 9.89. The van der Waals surface area contributed by atoms with E-state index < -0.39 is 99.2 Å². The molecule has 1 aliphatic carbocycles. The van der Waals surface area contributed by atoms with Gasteiger partial charge in [0.25, 0.3) is 0 Å². The molecule has 36 heavy (non-hydrogen) atoms. The van der Waals surface area contributed by atoms with Crippen molar-refractivity contribution < 1.29 is 84.5 Å². The molecule has 0 aromatic carbocycles. The van der Waals surface area contributed by atoms with Gasteiger partial charge in [-0.2, -0.15) is 52.7 Å². The molecule has 1 rings (SSSR count). The summed E-state index contributed by atoms with van der Waals surface area (Å²) in [5.74, 6) is -38.0. The third-order valence-corrected chi connectivity index (χ3v) is 5.22. The second-order valence-corrected chi connectivity index (χ2v) is 7.84. The number of hydrogen-bond acceptors (Lipinski definition) is 3. The predicted molar refractivity (Wildman–Crippen MR) is 85.8 cm³/mol. The molecular weight excluding hydrogens is 556 g/mol. The van der Waals surface area contributed by atoms with Crippen molar-refractivity contribution in [2.24, 2.45) is 0 Å². The Balaban J connectivity index is 2.92. The zero-order chi connectivity index (χ0) is 28.5. The SMILES string of the molecule is COC1CC(OCC(F)(F)C(F)(F)C(F)(F)C(F)F)CC(OCC(F)(F)C(F)(F)C(F)(F)C(F)F)C1. The Bertz CT molecular complexity index is 658. The van der Waals surface area contributed by atoms with Gasteiger partial charge in [0.15, 0.2) is 0 Å². The van der Waals surface area contributed by atoms with Gasteiger partial charge in [0.1, 0.15) is 13.2 Å². The molecule has 2 unspecified atom stereocenters. The van der Waals surface area contributed by atoms with Crippen molar-refractivity contribution in [3.05, 3.63) is 0 Å². The maximum Gasteiger partial charge on any atom is 0.380 e. The van der Waals surface area contributed by atoms with Gasteiger partial charge >= 0.3 is 48.4 Å². The van der Waals surface area contributed by atoms with Crippen LogP contribution in [-0.2, 0) is 14.2 Å². The third-order valence-electron chi connectivity index (χ3n) is 5.22. The van der Waals surface area contributed by atoms with Gasteiger partial charge in [0, 0.05) is 7.11 Å². The summed E-state index contributed by atoms with van der Waals surface area (Å²) < 4.78 is 221. The van der Waals surface area contributed by atoms with Crippen molar-refractivity contribution in [3.63, 3.8) is 0 Å². The van der Waals surface area contributed by atoms with Crippen LogP contribution >= 0.6 is 0 Å². The zero-order valence-electron chi connectivity index (χ0n) is 17.7. The van der Waals surface area contributed by atoms with E-state index in [4.69, 9.17) is 4.74 Å². The minimum atomic E-state index is -6.61. The Hall–Kier alpha value is -1.24. The van der Waals surface area contributed by atoms with Gasteiger partial charge in [-0.25, -0.2) is 17.6 Å². The Morgan fingerprint density at radius 2 is 0.833 bits per heavy atom. The van der Waals surface area contributed by atoms with Gasteiger partial charge in [0.2, 0.25) is 0 Å². The minimum Gasteiger partial charge on any atom is -0.381 e. The molecule has 1 aliphatic rings. The summed E-state index contributed by atoms with van der Waals surface area (Å²) in [5.41, 5.74) is 0. The molecule has 0 N–H and O–H groups in total. The molecule has 0 aliphatic heterocycles. The number of hydrogen-bond donors (Lipinski definition) is 0. The van der Waals surface area contributed by atoms with E-state index in [1.54, 1.807) is 0 Å². The summed E-state index contributed by atoms with van der Waals surface area (Å²) >= 11 is 0. The van der Waals surface area contributed by atoms with E-state index in [1.165, 1.54) is 0 Å². The maximum atomic E-state index is 13.6. The van der Waals surface area contributed by atoms with Gasteiger partial charge in [-0.3, -0.25) is 0 Å². The van der Waals surface area contributed by atoms with E-state index in [9.17, 15) is 70.2 Å². The molecule has 0 aromatic heterocycles. The zero-order valence-corrected chi connectivity index (χ0v) is 17.7. The lowest BCUT2D eigenvalue weighted by Gasteiger charge is -2.37. The normalized spacial score (nSPS) is 23.6. The maximum absolute atomic E-state index is 13.6. The molecule has 2 atom stereocenters. The lowest BCUT2D eigenvalue weighted by molar-refractivity contribution is -0.350. The lowest BCUT2D eigenvalue weighted by Crippen LogP contribution is -2.60. The first-order valence-corrected chi connectivity index (χ1v) is 9.57. The second-order valence-electron chi connectivity index (χ2n) is 7.84. The molecule has 216 valence electrons. The third kappa shape index (κ3) is 6.24. The van der Waals surface area contributed by atoms with E-state index in [1.807, 2.05) is 0 Å². The minimum absolute atomic E-state index is 0.515. The van der Waals surface area contributed by atoms with Crippen LogP contribution in [0.2, 0.25) is 0 Å². The summed E-state index contributed by atoms with van der Waals surface area (Å²) in [4.78, 5) is 0. The highest BCUT2D eigenvalue weighted by Crippen LogP contribution is 2.50. The first kappa shape index (κ1) is 32.8. The molecule has 0 saturated heterocycles. The average Bonchev–Trinajstić information content (AvgIpc) is 2.75. The highest BCUT2D eigenvalue weighted by Gasteiger charge is 2.76.